The standard InChI is InChI=1S/C14H16N2O2S2/c1-4-9-16(3)20(17,18)14-11-7-5-6-8-12(11)19-13(14)10-15-2/h1,5-8,15H,9-10H2,2-3H3. The second-order valence-corrected chi connectivity index (χ2v) is 7.46. The van der Waals surface area contributed by atoms with Crippen LogP contribution in [0.15, 0.2) is 29.2 Å². The van der Waals surface area contributed by atoms with Crippen LogP contribution in [0.25, 0.3) is 10.1 Å². The Bertz CT molecular complexity index is 757. The summed E-state index contributed by atoms with van der Waals surface area (Å²) in [5.41, 5.74) is 0. The summed E-state index contributed by atoms with van der Waals surface area (Å²) in [5.74, 6) is 2.37. The molecule has 2 aromatic rings. The van der Waals surface area contributed by atoms with E-state index in [0.29, 0.717) is 11.4 Å². The first-order valence-electron chi connectivity index (χ1n) is 6.07. The first-order chi connectivity index (χ1) is 9.52. The molecule has 0 fully saturated rings. The van der Waals surface area contributed by atoms with Gasteiger partial charge in [0.15, 0.2) is 0 Å². The molecular formula is C14H16N2O2S2. The van der Waals surface area contributed by atoms with Crippen molar-refractivity contribution < 1.29 is 8.42 Å². The number of thiophene rings is 1. The van der Waals surface area contributed by atoms with Crippen molar-refractivity contribution in [2.45, 2.75) is 11.4 Å². The Hall–Kier alpha value is -1.39. The molecule has 0 saturated heterocycles. The highest BCUT2D eigenvalue weighted by atomic mass is 32.2. The lowest BCUT2D eigenvalue weighted by molar-refractivity contribution is 0.503. The van der Waals surface area contributed by atoms with Crippen LogP contribution in [0.5, 0.6) is 0 Å². The minimum Gasteiger partial charge on any atom is -0.315 e. The quantitative estimate of drug-likeness (QED) is 0.858. The van der Waals surface area contributed by atoms with E-state index in [4.69, 9.17) is 6.42 Å². The molecule has 106 valence electrons. The minimum absolute atomic E-state index is 0.0610. The van der Waals surface area contributed by atoms with Crippen molar-refractivity contribution in [3.8, 4) is 12.3 Å². The fourth-order valence-corrected chi connectivity index (χ4v) is 4.99. The van der Waals surface area contributed by atoms with Crippen LogP contribution in [0.3, 0.4) is 0 Å². The van der Waals surface area contributed by atoms with Crippen LogP contribution in [0.4, 0.5) is 0 Å². The number of rotatable bonds is 5. The maximum Gasteiger partial charge on any atom is 0.245 e. The Morgan fingerprint density at radius 1 is 1.40 bits per heavy atom. The summed E-state index contributed by atoms with van der Waals surface area (Å²) >= 11 is 1.49. The van der Waals surface area contributed by atoms with Gasteiger partial charge in [0.25, 0.3) is 0 Å². The highest BCUT2D eigenvalue weighted by Crippen LogP contribution is 2.35. The van der Waals surface area contributed by atoms with Crippen molar-refractivity contribution in [1.82, 2.24) is 9.62 Å². The van der Waals surface area contributed by atoms with Crippen LogP contribution in [-0.2, 0) is 16.6 Å². The zero-order chi connectivity index (χ0) is 14.8. The fraction of sp³-hybridized carbons (Fsp3) is 0.286. The molecule has 1 aromatic carbocycles. The molecule has 6 heteroatoms. The van der Waals surface area contributed by atoms with Crippen LogP contribution < -0.4 is 5.32 Å². The van der Waals surface area contributed by atoms with Gasteiger partial charge in [-0.1, -0.05) is 24.1 Å². The van der Waals surface area contributed by atoms with Gasteiger partial charge < -0.3 is 5.32 Å². The Morgan fingerprint density at radius 2 is 2.10 bits per heavy atom. The Morgan fingerprint density at radius 3 is 2.75 bits per heavy atom. The van der Waals surface area contributed by atoms with Gasteiger partial charge in [-0.15, -0.1) is 17.8 Å². The number of hydrogen-bond acceptors (Lipinski definition) is 4. The molecule has 1 heterocycles. The van der Waals surface area contributed by atoms with Crippen LogP contribution in [0.1, 0.15) is 4.88 Å². The van der Waals surface area contributed by atoms with E-state index >= 15 is 0 Å². The second-order valence-electron chi connectivity index (χ2n) is 4.35. The molecule has 0 bridgehead atoms. The number of fused-ring (bicyclic) bond motifs is 1. The summed E-state index contributed by atoms with van der Waals surface area (Å²) in [6.45, 7) is 0.573. The van der Waals surface area contributed by atoms with E-state index in [0.717, 1.165) is 15.0 Å². The molecule has 4 nitrogen and oxygen atoms in total. The van der Waals surface area contributed by atoms with Crippen LogP contribution >= 0.6 is 11.3 Å². The maximum atomic E-state index is 12.7. The Labute approximate surface area is 123 Å². The fourth-order valence-electron chi connectivity index (χ4n) is 2.00. The molecule has 0 amide bonds. The van der Waals surface area contributed by atoms with Gasteiger partial charge in [-0.3, -0.25) is 0 Å². The summed E-state index contributed by atoms with van der Waals surface area (Å²) < 4.78 is 27.6. The summed E-state index contributed by atoms with van der Waals surface area (Å²) in [5, 5.41) is 3.77. The van der Waals surface area contributed by atoms with Gasteiger partial charge in [0.2, 0.25) is 10.0 Å². The van der Waals surface area contributed by atoms with Crippen molar-refractivity contribution in [1.29, 1.82) is 0 Å². The number of sulfonamides is 1. The third-order valence-corrected chi connectivity index (χ3v) is 6.17. The topological polar surface area (TPSA) is 49.4 Å². The lowest BCUT2D eigenvalue weighted by atomic mass is 10.2. The zero-order valence-corrected chi connectivity index (χ0v) is 13.0. The summed E-state index contributed by atoms with van der Waals surface area (Å²) in [4.78, 5) is 1.17. The lowest BCUT2D eigenvalue weighted by Crippen LogP contribution is -2.28. The van der Waals surface area contributed by atoms with Gasteiger partial charge in [0.05, 0.1) is 6.54 Å². The van der Waals surface area contributed by atoms with Crippen molar-refractivity contribution in [2.75, 3.05) is 20.6 Å². The molecule has 0 aliphatic heterocycles. The molecule has 0 aliphatic carbocycles. The predicted molar refractivity (Wildman–Crippen MR) is 83.2 cm³/mol. The molecular weight excluding hydrogens is 292 g/mol. The van der Waals surface area contributed by atoms with Gasteiger partial charge in [-0.05, 0) is 13.1 Å². The first-order valence-corrected chi connectivity index (χ1v) is 8.32. The minimum atomic E-state index is -3.58. The third kappa shape index (κ3) is 2.58. The number of terminal acetylenes is 1. The number of nitrogens with one attached hydrogen (secondary N) is 1. The van der Waals surface area contributed by atoms with Gasteiger partial charge in [-0.2, -0.15) is 4.31 Å². The Balaban J connectivity index is 2.68. The average molecular weight is 308 g/mol. The van der Waals surface area contributed by atoms with E-state index in [1.807, 2.05) is 24.3 Å². The molecule has 0 aliphatic rings. The van der Waals surface area contributed by atoms with Crippen LogP contribution in [0, 0.1) is 12.3 Å². The highest BCUT2D eigenvalue weighted by Gasteiger charge is 2.27. The van der Waals surface area contributed by atoms with Gasteiger partial charge in [0, 0.05) is 28.6 Å². The third-order valence-electron chi connectivity index (χ3n) is 2.94. The molecule has 0 radical (unpaired) electrons. The van der Waals surface area contributed by atoms with E-state index in [-0.39, 0.29) is 6.54 Å². The molecule has 20 heavy (non-hydrogen) atoms. The van der Waals surface area contributed by atoms with Crippen molar-refractivity contribution in [3.05, 3.63) is 29.1 Å². The highest BCUT2D eigenvalue weighted by molar-refractivity contribution is 7.89. The van der Waals surface area contributed by atoms with Crippen LogP contribution in [-0.4, -0.2) is 33.4 Å². The van der Waals surface area contributed by atoms with E-state index < -0.39 is 10.0 Å². The SMILES string of the molecule is C#CCN(C)S(=O)(=O)c1c(CNC)sc2ccccc12. The largest absolute Gasteiger partial charge is 0.315 e. The van der Waals surface area contributed by atoms with Crippen LogP contribution in [0.2, 0.25) is 0 Å². The Kier molecular flexibility index (Phi) is 4.45. The molecule has 0 saturated carbocycles. The molecule has 1 N–H and O–H groups in total. The van der Waals surface area contributed by atoms with Crippen molar-refractivity contribution >= 4 is 31.4 Å². The van der Waals surface area contributed by atoms with Gasteiger partial charge in [0.1, 0.15) is 4.90 Å². The molecule has 0 spiro atoms. The first kappa shape index (κ1) is 15.0. The molecule has 0 atom stereocenters. The van der Waals surface area contributed by atoms with Gasteiger partial charge >= 0.3 is 0 Å². The van der Waals surface area contributed by atoms with E-state index in [9.17, 15) is 8.42 Å². The monoisotopic (exact) mass is 308 g/mol. The maximum absolute atomic E-state index is 12.7. The van der Waals surface area contributed by atoms with E-state index in [2.05, 4.69) is 11.2 Å². The average Bonchev–Trinajstić information content (AvgIpc) is 2.78. The van der Waals surface area contributed by atoms with Crippen molar-refractivity contribution in [2.24, 2.45) is 0 Å². The molecule has 1 aromatic heterocycles. The zero-order valence-electron chi connectivity index (χ0n) is 11.4. The smallest absolute Gasteiger partial charge is 0.245 e. The lowest BCUT2D eigenvalue weighted by Gasteiger charge is -2.15. The van der Waals surface area contributed by atoms with E-state index in [1.54, 1.807) is 7.05 Å². The van der Waals surface area contributed by atoms with Crippen molar-refractivity contribution in [3.63, 3.8) is 0 Å². The van der Waals surface area contributed by atoms with Gasteiger partial charge in [-0.25, -0.2) is 8.42 Å². The molecule has 2 rings (SSSR count). The number of hydrogen-bond donors (Lipinski definition) is 1. The normalized spacial score (nSPS) is 11.9. The summed E-state index contributed by atoms with van der Waals surface area (Å²) in [6, 6.07) is 7.52. The van der Waals surface area contributed by atoms with E-state index in [1.165, 1.54) is 22.7 Å². The number of nitrogens with zero attached hydrogens (tertiary/aromatic N) is 1. The molecule has 0 unspecified atom stereocenters. The number of benzene rings is 1. The second kappa shape index (κ2) is 5.94. The summed E-state index contributed by atoms with van der Waals surface area (Å²) in [7, 11) is -0.274. The predicted octanol–water partition coefficient (Wildman–Crippen LogP) is 1.87. The summed E-state index contributed by atoms with van der Waals surface area (Å²) in [6.07, 6.45) is 5.22.